The van der Waals surface area contributed by atoms with Crippen LogP contribution >= 0.6 is 15.9 Å². The minimum atomic E-state index is 0.505. The van der Waals surface area contributed by atoms with Gasteiger partial charge in [-0.1, -0.05) is 22.0 Å². The zero-order valence-corrected chi connectivity index (χ0v) is 13.7. The smallest absolute Gasteiger partial charge is 0.227 e. The molecule has 0 N–H and O–H groups in total. The van der Waals surface area contributed by atoms with Crippen LogP contribution in [0.25, 0.3) is 22.6 Å². The predicted molar refractivity (Wildman–Crippen MR) is 89.2 cm³/mol. The van der Waals surface area contributed by atoms with E-state index in [4.69, 9.17) is 4.42 Å². The minimum Gasteiger partial charge on any atom is -0.436 e. The van der Waals surface area contributed by atoms with E-state index in [2.05, 4.69) is 20.9 Å². The summed E-state index contributed by atoms with van der Waals surface area (Å²) in [6, 6.07) is 9.79. The fourth-order valence-corrected chi connectivity index (χ4v) is 3.18. The molecule has 0 atom stereocenters. The molecule has 1 aliphatic carbocycles. The fourth-order valence-electron chi connectivity index (χ4n) is 2.81. The topological polar surface area (TPSA) is 43.1 Å². The molecule has 4 heteroatoms. The quantitative estimate of drug-likeness (QED) is 0.602. The van der Waals surface area contributed by atoms with E-state index in [0.29, 0.717) is 11.8 Å². The number of oxazole rings is 1. The standard InChI is InChI=1S/C18H14BrNO2/c1-10-13(3-2-4-15(10)19)18-20-16-7-12(9-21)14(11-5-6-11)8-17(16)22-18/h2-4,7-9,11H,5-6H2,1H3. The van der Waals surface area contributed by atoms with Crippen LogP contribution in [0.4, 0.5) is 0 Å². The lowest BCUT2D eigenvalue weighted by atomic mass is 10.0. The van der Waals surface area contributed by atoms with Gasteiger partial charge in [0.05, 0.1) is 0 Å². The summed E-state index contributed by atoms with van der Waals surface area (Å²) in [6.45, 7) is 2.03. The molecule has 1 fully saturated rings. The van der Waals surface area contributed by atoms with Crippen molar-refractivity contribution in [2.24, 2.45) is 0 Å². The molecule has 3 aromatic rings. The summed E-state index contributed by atoms with van der Waals surface area (Å²) in [4.78, 5) is 15.9. The maximum Gasteiger partial charge on any atom is 0.227 e. The number of aldehydes is 1. The fraction of sp³-hybridized carbons (Fsp3) is 0.222. The second kappa shape index (κ2) is 5.06. The van der Waals surface area contributed by atoms with E-state index < -0.39 is 0 Å². The number of fused-ring (bicyclic) bond motifs is 1. The molecular formula is C18H14BrNO2. The zero-order chi connectivity index (χ0) is 15.3. The van der Waals surface area contributed by atoms with Crippen LogP contribution in [-0.4, -0.2) is 11.3 Å². The molecule has 1 heterocycles. The number of rotatable bonds is 3. The highest BCUT2D eigenvalue weighted by Gasteiger charge is 2.27. The Morgan fingerprint density at radius 1 is 1.32 bits per heavy atom. The highest BCUT2D eigenvalue weighted by atomic mass is 79.9. The Kier molecular flexibility index (Phi) is 3.15. The first-order valence-corrected chi connectivity index (χ1v) is 8.12. The Morgan fingerprint density at radius 2 is 2.14 bits per heavy atom. The monoisotopic (exact) mass is 355 g/mol. The number of halogens is 1. The van der Waals surface area contributed by atoms with E-state index in [1.165, 1.54) is 0 Å². The normalized spacial score (nSPS) is 14.5. The van der Waals surface area contributed by atoms with E-state index in [1.54, 1.807) is 0 Å². The molecule has 1 saturated carbocycles. The zero-order valence-electron chi connectivity index (χ0n) is 12.1. The van der Waals surface area contributed by atoms with E-state index >= 15 is 0 Å². The Bertz CT molecular complexity index is 893. The molecule has 0 bridgehead atoms. The van der Waals surface area contributed by atoms with Gasteiger partial charge in [0.2, 0.25) is 5.89 Å². The molecule has 0 aliphatic heterocycles. The van der Waals surface area contributed by atoms with Crippen LogP contribution in [-0.2, 0) is 0 Å². The molecule has 2 aromatic carbocycles. The van der Waals surface area contributed by atoms with E-state index in [1.807, 2.05) is 37.3 Å². The van der Waals surface area contributed by atoms with E-state index in [-0.39, 0.29) is 0 Å². The van der Waals surface area contributed by atoms with Crippen molar-refractivity contribution in [2.45, 2.75) is 25.7 Å². The number of carbonyl (C=O) groups is 1. The molecule has 1 aliphatic rings. The summed E-state index contributed by atoms with van der Waals surface area (Å²) in [7, 11) is 0. The van der Waals surface area contributed by atoms with Crippen molar-refractivity contribution < 1.29 is 9.21 Å². The Morgan fingerprint density at radius 3 is 2.86 bits per heavy atom. The molecule has 0 saturated heterocycles. The van der Waals surface area contributed by atoms with Crippen molar-refractivity contribution >= 4 is 33.3 Å². The van der Waals surface area contributed by atoms with Gasteiger partial charge in [-0.15, -0.1) is 0 Å². The largest absolute Gasteiger partial charge is 0.436 e. The van der Waals surface area contributed by atoms with Crippen LogP contribution in [0, 0.1) is 6.92 Å². The number of carbonyl (C=O) groups excluding carboxylic acids is 1. The SMILES string of the molecule is Cc1c(Br)cccc1-c1nc2cc(C=O)c(C3CC3)cc2o1. The van der Waals surface area contributed by atoms with Gasteiger partial charge in [0.1, 0.15) is 11.8 Å². The van der Waals surface area contributed by atoms with Gasteiger partial charge in [0.25, 0.3) is 0 Å². The van der Waals surface area contributed by atoms with Crippen LogP contribution in [0.15, 0.2) is 39.2 Å². The number of aromatic nitrogens is 1. The van der Waals surface area contributed by atoms with Crippen LogP contribution < -0.4 is 0 Å². The summed E-state index contributed by atoms with van der Waals surface area (Å²) in [5, 5.41) is 0. The van der Waals surface area contributed by atoms with Gasteiger partial charge in [0, 0.05) is 15.6 Å². The summed E-state index contributed by atoms with van der Waals surface area (Å²) in [6.07, 6.45) is 3.22. The van der Waals surface area contributed by atoms with Crippen molar-refractivity contribution in [1.82, 2.24) is 4.98 Å². The number of hydrogen-bond donors (Lipinski definition) is 0. The third kappa shape index (κ3) is 2.18. The van der Waals surface area contributed by atoms with Gasteiger partial charge in [0.15, 0.2) is 5.58 Å². The lowest BCUT2D eigenvalue weighted by Gasteiger charge is -2.02. The summed E-state index contributed by atoms with van der Waals surface area (Å²) >= 11 is 3.53. The molecule has 0 amide bonds. The van der Waals surface area contributed by atoms with E-state index in [0.717, 1.165) is 57.0 Å². The minimum absolute atomic E-state index is 0.505. The third-order valence-electron chi connectivity index (χ3n) is 4.24. The molecule has 3 nitrogen and oxygen atoms in total. The van der Waals surface area contributed by atoms with Gasteiger partial charge in [-0.25, -0.2) is 4.98 Å². The van der Waals surface area contributed by atoms with Crippen LogP contribution in [0.5, 0.6) is 0 Å². The molecule has 22 heavy (non-hydrogen) atoms. The van der Waals surface area contributed by atoms with E-state index in [9.17, 15) is 4.79 Å². The summed E-state index contributed by atoms with van der Waals surface area (Å²) in [5.74, 6) is 1.10. The average Bonchev–Trinajstić information content (AvgIpc) is 3.28. The summed E-state index contributed by atoms with van der Waals surface area (Å²) in [5.41, 5.74) is 5.37. The first kappa shape index (κ1) is 13.7. The van der Waals surface area contributed by atoms with Gasteiger partial charge in [-0.2, -0.15) is 0 Å². The molecule has 1 aromatic heterocycles. The molecule has 4 rings (SSSR count). The second-order valence-corrected chi connectivity index (χ2v) is 6.63. The average molecular weight is 356 g/mol. The molecule has 110 valence electrons. The third-order valence-corrected chi connectivity index (χ3v) is 5.09. The Hall–Kier alpha value is -1.94. The molecule has 0 spiro atoms. The highest BCUT2D eigenvalue weighted by Crippen LogP contribution is 2.43. The lowest BCUT2D eigenvalue weighted by molar-refractivity contribution is 0.112. The van der Waals surface area contributed by atoms with Crippen LogP contribution in [0.2, 0.25) is 0 Å². The molecule has 0 radical (unpaired) electrons. The Balaban J connectivity index is 1.90. The van der Waals surface area contributed by atoms with Gasteiger partial charge in [-0.3, -0.25) is 4.79 Å². The van der Waals surface area contributed by atoms with Gasteiger partial charge >= 0.3 is 0 Å². The van der Waals surface area contributed by atoms with Crippen molar-refractivity contribution in [2.75, 3.05) is 0 Å². The van der Waals surface area contributed by atoms with Crippen molar-refractivity contribution in [3.8, 4) is 11.5 Å². The maximum atomic E-state index is 11.3. The first-order chi connectivity index (χ1) is 10.7. The number of hydrogen-bond acceptors (Lipinski definition) is 3. The molecular weight excluding hydrogens is 342 g/mol. The summed E-state index contributed by atoms with van der Waals surface area (Å²) < 4.78 is 6.99. The number of benzene rings is 2. The first-order valence-electron chi connectivity index (χ1n) is 7.32. The Labute approximate surface area is 136 Å². The highest BCUT2D eigenvalue weighted by molar-refractivity contribution is 9.10. The van der Waals surface area contributed by atoms with Gasteiger partial charge in [-0.05, 0) is 61.1 Å². The van der Waals surface area contributed by atoms with Crippen molar-refractivity contribution in [3.05, 3.63) is 51.5 Å². The maximum absolute atomic E-state index is 11.3. The predicted octanol–water partition coefficient (Wildman–Crippen LogP) is 5.26. The lowest BCUT2D eigenvalue weighted by Crippen LogP contribution is -1.90. The second-order valence-electron chi connectivity index (χ2n) is 5.77. The molecule has 0 unspecified atom stereocenters. The van der Waals surface area contributed by atoms with Crippen molar-refractivity contribution in [1.29, 1.82) is 0 Å². The van der Waals surface area contributed by atoms with Crippen LogP contribution in [0.1, 0.15) is 40.2 Å². The van der Waals surface area contributed by atoms with Gasteiger partial charge < -0.3 is 4.42 Å². The van der Waals surface area contributed by atoms with Crippen molar-refractivity contribution in [3.63, 3.8) is 0 Å². The van der Waals surface area contributed by atoms with Crippen LogP contribution in [0.3, 0.4) is 0 Å². The number of nitrogens with zero attached hydrogens (tertiary/aromatic N) is 1.